The second-order valence-electron chi connectivity index (χ2n) is 4.20. The number of nitrogens with one attached hydrogen (secondary N) is 2. The Labute approximate surface area is 126 Å². The highest BCUT2D eigenvalue weighted by molar-refractivity contribution is 7.89. The zero-order chi connectivity index (χ0) is 13.8. The van der Waals surface area contributed by atoms with Crippen LogP contribution in [0.3, 0.4) is 0 Å². The van der Waals surface area contributed by atoms with Gasteiger partial charge in [-0.25, -0.2) is 13.1 Å². The van der Waals surface area contributed by atoms with Gasteiger partial charge in [0.15, 0.2) is 0 Å². The minimum Gasteiger partial charge on any atom is -0.313 e. The third-order valence-corrected chi connectivity index (χ3v) is 4.66. The lowest BCUT2D eigenvalue weighted by Gasteiger charge is -2.14. The Kier molecular flexibility index (Phi) is 7.93. The first-order chi connectivity index (χ1) is 8.38. The van der Waals surface area contributed by atoms with Crippen LogP contribution >= 0.6 is 24.0 Å². The number of sulfonamides is 1. The fraction of sp³-hybridized carbons (Fsp3) is 0.500. The van der Waals surface area contributed by atoms with E-state index in [1.54, 1.807) is 19.1 Å². The number of likely N-dealkylation sites (N-methyl/N-ethyl adjacent to an activating group) is 1. The van der Waals surface area contributed by atoms with Gasteiger partial charge in [0.25, 0.3) is 0 Å². The largest absolute Gasteiger partial charge is 0.313 e. The highest BCUT2D eigenvalue weighted by Gasteiger charge is 2.19. The summed E-state index contributed by atoms with van der Waals surface area (Å²) in [4.78, 5) is 0.132. The van der Waals surface area contributed by atoms with Gasteiger partial charge in [0.1, 0.15) is 4.90 Å². The molecule has 0 saturated heterocycles. The van der Waals surface area contributed by atoms with Gasteiger partial charge >= 0.3 is 0 Å². The lowest BCUT2D eigenvalue weighted by atomic mass is 10.2. The minimum absolute atomic E-state index is 0. The van der Waals surface area contributed by atoms with Crippen molar-refractivity contribution in [3.63, 3.8) is 0 Å². The summed E-state index contributed by atoms with van der Waals surface area (Å²) in [5.41, 5.74) is 0.749. The van der Waals surface area contributed by atoms with Gasteiger partial charge in [0.2, 0.25) is 10.0 Å². The first-order valence-corrected chi connectivity index (χ1v) is 7.72. The standard InChI is InChI=1S/C12H19ClN2O2S.ClH/c1-4-14-10(3)8-15-18(16,17)11-7-5-6-9(2)12(11)13;/h5-7,10,14-15H,4,8H2,1-3H3;1H/t10-;/m1./s1. The van der Waals surface area contributed by atoms with Crippen LogP contribution in [-0.2, 0) is 10.0 Å². The van der Waals surface area contributed by atoms with Crippen molar-refractivity contribution in [2.24, 2.45) is 0 Å². The molecule has 110 valence electrons. The van der Waals surface area contributed by atoms with Crippen molar-refractivity contribution in [1.29, 1.82) is 0 Å². The SMILES string of the molecule is CCN[C@H](C)CNS(=O)(=O)c1cccc(C)c1Cl.Cl. The molecule has 0 aliphatic heterocycles. The summed E-state index contributed by atoms with van der Waals surface area (Å²) in [7, 11) is -3.55. The molecule has 7 heteroatoms. The molecule has 0 saturated carbocycles. The fourth-order valence-corrected chi connectivity index (χ4v) is 3.27. The Morgan fingerprint density at radius 3 is 2.58 bits per heavy atom. The fourth-order valence-electron chi connectivity index (χ4n) is 1.56. The smallest absolute Gasteiger partial charge is 0.242 e. The highest BCUT2D eigenvalue weighted by Crippen LogP contribution is 2.24. The van der Waals surface area contributed by atoms with Gasteiger partial charge in [-0.15, -0.1) is 12.4 Å². The molecule has 0 aliphatic rings. The Hall–Kier alpha value is -0.330. The van der Waals surface area contributed by atoms with Crippen molar-refractivity contribution < 1.29 is 8.42 Å². The summed E-state index contributed by atoms with van der Waals surface area (Å²) >= 11 is 6.02. The summed E-state index contributed by atoms with van der Waals surface area (Å²) in [5, 5.41) is 3.41. The molecule has 0 fully saturated rings. The van der Waals surface area contributed by atoms with Crippen molar-refractivity contribution >= 4 is 34.0 Å². The maximum Gasteiger partial charge on any atom is 0.242 e. The van der Waals surface area contributed by atoms with E-state index in [0.717, 1.165) is 12.1 Å². The van der Waals surface area contributed by atoms with Gasteiger partial charge in [-0.05, 0) is 32.0 Å². The van der Waals surface area contributed by atoms with Crippen molar-refractivity contribution in [2.45, 2.75) is 31.7 Å². The third-order valence-electron chi connectivity index (χ3n) is 2.58. The summed E-state index contributed by atoms with van der Waals surface area (Å²) in [5.74, 6) is 0. The van der Waals surface area contributed by atoms with E-state index in [2.05, 4.69) is 10.0 Å². The zero-order valence-electron chi connectivity index (χ0n) is 11.2. The van der Waals surface area contributed by atoms with Gasteiger partial charge in [-0.2, -0.15) is 0 Å². The number of hydrogen-bond acceptors (Lipinski definition) is 3. The Bertz CT molecular complexity index is 506. The minimum atomic E-state index is -3.55. The summed E-state index contributed by atoms with van der Waals surface area (Å²) in [6.45, 7) is 6.81. The van der Waals surface area contributed by atoms with Crippen LogP contribution < -0.4 is 10.0 Å². The number of rotatable bonds is 6. The second kappa shape index (κ2) is 8.07. The molecule has 0 bridgehead atoms. The molecule has 0 radical (unpaired) electrons. The molecule has 0 aliphatic carbocycles. The van der Waals surface area contributed by atoms with Crippen LogP contribution in [0.4, 0.5) is 0 Å². The lowest BCUT2D eigenvalue weighted by molar-refractivity contribution is 0.536. The lowest BCUT2D eigenvalue weighted by Crippen LogP contribution is -2.38. The molecule has 0 heterocycles. The monoisotopic (exact) mass is 326 g/mol. The number of hydrogen-bond donors (Lipinski definition) is 2. The number of aryl methyl sites for hydroxylation is 1. The maximum atomic E-state index is 12.1. The first kappa shape index (κ1) is 18.7. The molecular formula is C12H20Cl2N2O2S. The van der Waals surface area contributed by atoms with Crippen LogP contribution in [0.1, 0.15) is 19.4 Å². The first-order valence-electron chi connectivity index (χ1n) is 5.86. The van der Waals surface area contributed by atoms with Gasteiger partial charge in [0.05, 0.1) is 5.02 Å². The van der Waals surface area contributed by atoms with Crippen LogP contribution in [0.2, 0.25) is 5.02 Å². The molecule has 19 heavy (non-hydrogen) atoms. The van der Waals surface area contributed by atoms with E-state index < -0.39 is 10.0 Å². The molecule has 1 rings (SSSR count). The van der Waals surface area contributed by atoms with E-state index in [4.69, 9.17) is 11.6 Å². The van der Waals surface area contributed by atoms with Crippen LogP contribution in [0.25, 0.3) is 0 Å². The Morgan fingerprint density at radius 2 is 2.00 bits per heavy atom. The average molecular weight is 327 g/mol. The molecule has 4 nitrogen and oxygen atoms in total. The van der Waals surface area contributed by atoms with E-state index in [0.29, 0.717) is 6.54 Å². The van der Waals surface area contributed by atoms with Crippen LogP contribution in [0.5, 0.6) is 0 Å². The molecule has 2 N–H and O–H groups in total. The van der Waals surface area contributed by atoms with Gasteiger partial charge in [-0.3, -0.25) is 0 Å². The van der Waals surface area contributed by atoms with E-state index >= 15 is 0 Å². The van der Waals surface area contributed by atoms with Crippen molar-refractivity contribution in [3.05, 3.63) is 28.8 Å². The normalized spacial score (nSPS) is 12.8. The Morgan fingerprint density at radius 1 is 1.37 bits per heavy atom. The molecule has 0 amide bonds. The Balaban J connectivity index is 0.00000324. The van der Waals surface area contributed by atoms with Crippen LogP contribution in [0, 0.1) is 6.92 Å². The van der Waals surface area contributed by atoms with Gasteiger partial charge < -0.3 is 5.32 Å². The van der Waals surface area contributed by atoms with E-state index in [1.165, 1.54) is 6.07 Å². The van der Waals surface area contributed by atoms with Gasteiger partial charge in [-0.1, -0.05) is 30.7 Å². The van der Waals surface area contributed by atoms with Crippen molar-refractivity contribution in [1.82, 2.24) is 10.0 Å². The number of halogens is 2. The molecule has 1 aromatic rings. The van der Waals surface area contributed by atoms with Crippen molar-refractivity contribution in [2.75, 3.05) is 13.1 Å². The summed E-state index contributed by atoms with van der Waals surface area (Å²) in [6, 6.07) is 5.05. The molecule has 1 aromatic carbocycles. The molecule has 0 unspecified atom stereocenters. The molecule has 0 aromatic heterocycles. The topological polar surface area (TPSA) is 58.2 Å². The number of benzene rings is 1. The van der Waals surface area contributed by atoms with E-state index in [1.807, 2.05) is 13.8 Å². The predicted octanol–water partition coefficient (Wildman–Crippen LogP) is 2.35. The summed E-state index contributed by atoms with van der Waals surface area (Å²) < 4.78 is 26.7. The van der Waals surface area contributed by atoms with E-state index in [-0.39, 0.29) is 28.4 Å². The van der Waals surface area contributed by atoms with Gasteiger partial charge in [0, 0.05) is 12.6 Å². The second-order valence-corrected chi connectivity index (χ2v) is 6.31. The average Bonchev–Trinajstić information content (AvgIpc) is 2.30. The molecule has 1 atom stereocenters. The van der Waals surface area contributed by atoms with Crippen molar-refractivity contribution in [3.8, 4) is 0 Å². The maximum absolute atomic E-state index is 12.1. The quantitative estimate of drug-likeness (QED) is 0.843. The zero-order valence-corrected chi connectivity index (χ0v) is 13.6. The molecule has 0 spiro atoms. The van der Waals surface area contributed by atoms with Crippen LogP contribution in [0.15, 0.2) is 23.1 Å². The molecular weight excluding hydrogens is 307 g/mol. The highest BCUT2D eigenvalue weighted by atomic mass is 35.5. The summed E-state index contributed by atoms with van der Waals surface area (Å²) in [6.07, 6.45) is 0. The van der Waals surface area contributed by atoms with E-state index in [9.17, 15) is 8.42 Å². The third kappa shape index (κ3) is 5.28. The predicted molar refractivity (Wildman–Crippen MR) is 81.8 cm³/mol. The van der Waals surface area contributed by atoms with Crippen LogP contribution in [-0.4, -0.2) is 27.5 Å².